The first kappa shape index (κ1) is 26.0. The first-order chi connectivity index (χ1) is 17.6. The molecule has 1 aliphatic rings. The number of benzene rings is 2. The number of ether oxygens (including phenoxy) is 2. The molecule has 4 N–H and O–H groups in total. The monoisotopic (exact) mass is 519 g/mol. The number of halogens is 3. The second-order valence-electron chi connectivity index (χ2n) is 8.60. The summed E-state index contributed by atoms with van der Waals surface area (Å²) in [5.41, 5.74) is 6.04. The third kappa shape index (κ3) is 6.39. The Labute approximate surface area is 209 Å². The van der Waals surface area contributed by atoms with Gasteiger partial charge in [-0.05, 0) is 62.1 Å². The molecule has 1 atom stereocenters. The van der Waals surface area contributed by atoms with Crippen LogP contribution in [0, 0.1) is 11.7 Å². The first-order valence-electron chi connectivity index (χ1n) is 11.4. The number of carboxylic acid groups (broad SMARTS) is 1. The van der Waals surface area contributed by atoms with Crippen molar-refractivity contribution < 1.29 is 41.8 Å². The Morgan fingerprint density at radius 1 is 1.22 bits per heavy atom. The fraction of sp³-hybridized carbons (Fsp3) is 0.320. The number of nitrogens with zero attached hydrogens (tertiary/aromatic N) is 1. The molecule has 37 heavy (non-hydrogen) atoms. The van der Waals surface area contributed by atoms with E-state index in [1.807, 2.05) is 0 Å². The third-order valence-corrected chi connectivity index (χ3v) is 5.60. The maximum atomic E-state index is 14.2. The highest BCUT2D eigenvalue weighted by Gasteiger charge is 2.24. The summed E-state index contributed by atoms with van der Waals surface area (Å²) in [4.78, 5) is 27.9. The number of nitrogens with two attached hydrogens (primary N) is 1. The maximum absolute atomic E-state index is 14.2. The van der Waals surface area contributed by atoms with Gasteiger partial charge < -0.3 is 30.0 Å². The quantitative estimate of drug-likeness (QED) is 0.336. The summed E-state index contributed by atoms with van der Waals surface area (Å²) in [6.45, 7) is -1.19. The standard InChI is InChI=1S/C25H24F3N3O6/c1-12(29)21-18(10-30-22(32)16-6-4-15(24(33)34)8-17(16)26)31-23(37-21)14-5-7-19(36-25(27)28)20(9-14)35-11-13-2-3-13/h4-9,12-13,25H,2-3,10-11,29H2,1H3,(H,30,32)(H,33,34). The van der Waals surface area contributed by atoms with Crippen molar-refractivity contribution in [1.29, 1.82) is 0 Å². The van der Waals surface area contributed by atoms with Crippen LogP contribution in [0.4, 0.5) is 13.2 Å². The van der Waals surface area contributed by atoms with Gasteiger partial charge in [-0.3, -0.25) is 4.79 Å². The molecule has 1 saturated carbocycles. The van der Waals surface area contributed by atoms with Crippen LogP contribution >= 0.6 is 0 Å². The molecule has 0 aliphatic heterocycles. The minimum atomic E-state index is -3.03. The van der Waals surface area contributed by atoms with Crippen molar-refractivity contribution in [2.24, 2.45) is 11.7 Å². The molecule has 1 amide bonds. The van der Waals surface area contributed by atoms with Crippen molar-refractivity contribution in [1.82, 2.24) is 10.3 Å². The van der Waals surface area contributed by atoms with E-state index < -0.39 is 30.3 Å². The zero-order valence-electron chi connectivity index (χ0n) is 19.7. The summed E-state index contributed by atoms with van der Waals surface area (Å²) >= 11 is 0. The highest BCUT2D eigenvalue weighted by Crippen LogP contribution is 2.37. The second-order valence-corrected chi connectivity index (χ2v) is 8.60. The van der Waals surface area contributed by atoms with Gasteiger partial charge in [0.1, 0.15) is 17.3 Å². The number of nitrogens with one attached hydrogen (secondary N) is 1. The number of aromatic nitrogens is 1. The van der Waals surface area contributed by atoms with Crippen molar-refractivity contribution in [3.63, 3.8) is 0 Å². The number of amides is 1. The summed E-state index contributed by atoms with van der Waals surface area (Å²) in [5, 5.41) is 11.5. The SMILES string of the molecule is CC(N)c1oc(-c2ccc(OC(F)F)c(OCC3CC3)c2)nc1CNC(=O)c1ccc(C(=O)O)cc1F. The summed E-state index contributed by atoms with van der Waals surface area (Å²) in [6, 6.07) is 6.59. The molecule has 0 saturated heterocycles. The highest BCUT2D eigenvalue weighted by atomic mass is 19.3. The predicted molar refractivity (Wildman–Crippen MR) is 124 cm³/mol. The van der Waals surface area contributed by atoms with Crippen LogP contribution in [0.1, 0.15) is 58.0 Å². The minimum absolute atomic E-state index is 0.105. The summed E-state index contributed by atoms with van der Waals surface area (Å²) in [6.07, 6.45) is 2.01. The molecule has 1 heterocycles. The Balaban J connectivity index is 1.55. The van der Waals surface area contributed by atoms with E-state index in [4.69, 9.17) is 20.0 Å². The molecule has 2 aromatic carbocycles. The zero-order valence-corrected chi connectivity index (χ0v) is 19.7. The van der Waals surface area contributed by atoms with E-state index in [9.17, 15) is 22.8 Å². The number of oxazole rings is 1. The van der Waals surface area contributed by atoms with E-state index >= 15 is 0 Å². The van der Waals surface area contributed by atoms with Crippen LogP contribution in [0.25, 0.3) is 11.5 Å². The van der Waals surface area contributed by atoms with Crippen molar-refractivity contribution in [3.05, 3.63) is 64.8 Å². The number of carboxylic acids is 1. The van der Waals surface area contributed by atoms with Gasteiger partial charge in [-0.15, -0.1) is 0 Å². The van der Waals surface area contributed by atoms with Crippen molar-refractivity contribution in [2.75, 3.05) is 6.61 Å². The lowest BCUT2D eigenvalue weighted by atomic mass is 10.1. The largest absolute Gasteiger partial charge is 0.489 e. The molecule has 1 unspecified atom stereocenters. The number of carbonyl (C=O) groups excluding carboxylic acids is 1. The normalized spacial score (nSPS) is 13.9. The van der Waals surface area contributed by atoms with Crippen LogP contribution in [0.3, 0.4) is 0 Å². The lowest BCUT2D eigenvalue weighted by molar-refractivity contribution is -0.0515. The first-order valence-corrected chi connectivity index (χ1v) is 11.4. The maximum Gasteiger partial charge on any atom is 0.387 e. The molecule has 4 rings (SSSR count). The molecular weight excluding hydrogens is 495 g/mol. The number of rotatable bonds is 11. The molecule has 0 bridgehead atoms. The Kier molecular flexibility index (Phi) is 7.67. The number of hydrogen-bond donors (Lipinski definition) is 3. The van der Waals surface area contributed by atoms with Gasteiger partial charge in [0.15, 0.2) is 11.5 Å². The molecular formula is C25H24F3N3O6. The van der Waals surface area contributed by atoms with Gasteiger partial charge in [0.05, 0.1) is 30.3 Å². The van der Waals surface area contributed by atoms with Crippen molar-refractivity contribution >= 4 is 11.9 Å². The van der Waals surface area contributed by atoms with Gasteiger partial charge in [-0.1, -0.05) is 0 Å². The molecule has 12 heteroatoms. The number of aromatic carboxylic acids is 1. The van der Waals surface area contributed by atoms with Gasteiger partial charge in [0.25, 0.3) is 5.91 Å². The van der Waals surface area contributed by atoms with E-state index in [1.54, 1.807) is 6.92 Å². The molecule has 9 nitrogen and oxygen atoms in total. The zero-order chi connectivity index (χ0) is 26.7. The van der Waals surface area contributed by atoms with Crippen LogP contribution in [-0.2, 0) is 6.54 Å². The second kappa shape index (κ2) is 10.9. The Hall–Kier alpha value is -4.06. The fourth-order valence-corrected chi connectivity index (χ4v) is 3.50. The average molecular weight is 519 g/mol. The lowest BCUT2D eigenvalue weighted by Crippen LogP contribution is -2.25. The minimum Gasteiger partial charge on any atom is -0.489 e. The third-order valence-electron chi connectivity index (χ3n) is 5.60. The summed E-state index contributed by atoms with van der Waals surface area (Å²) < 4.78 is 55.9. The van der Waals surface area contributed by atoms with Crippen molar-refractivity contribution in [2.45, 2.75) is 39.0 Å². The van der Waals surface area contributed by atoms with E-state index in [0.29, 0.717) is 18.1 Å². The Morgan fingerprint density at radius 2 is 1.97 bits per heavy atom. The van der Waals surface area contributed by atoms with Gasteiger partial charge in [-0.2, -0.15) is 8.78 Å². The summed E-state index contributed by atoms with van der Waals surface area (Å²) in [7, 11) is 0. The van der Waals surface area contributed by atoms with Gasteiger partial charge in [-0.25, -0.2) is 14.2 Å². The Morgan fingerprint density at radius 3 is 2.59 bits per heavy atom. The van der Waals surface area contributed by atoms with E-state index in [0.717, 1.165) is 31.0 Å². The Bertz CT molecular complexity index is 1310. The van der Waals surface area contributed by atoms with Gasteiger partial charge in [0.2, 0.25) is 5.89 Å². The van der Waals surface area contributed by atoms with Gasteiger partial charge in [0, 0.05) is 5.56 Å². The van der Waals surface area contributed by atoms with Crippen LogP contribution in [0.5, 0.6) is 11.5 Å². The summed E-state index contributed by atoms with van der Waals surface area (Å²) in [5.74, 6) is -2.39. The van der Waals surface area contributed by atoms with Crippen molar-refractivity contribution in [3.8, 4) is 23.0 Å². The van der Waals surface area contributed by atoms with E-state index in [1.165, 1.54) is 18.2 Å². The number of alkyl halides is 2. The molecule has 3 aromatic rings. The molecule has 1 aliphatic carbocycles. The lowest BCUT2D eigenvalue weighted by Gasteiger charge is -2.12. The topological polar surface area (TPSA) is 137 Å². The molecule has 196 valence electrons. The number of carbonyl (C=O) groups is 2. The average Bonchev–Trinajstić information content (AvgIpc) is 3.57. The molecule has 0 spiro atoms. The van der Waals surface area contributed by atoms with Crippen LogP contribution in [0.15, 0.2) is 40.8 Å². The molecule has 1 fully saturated rings. The predicted octanol–water partition coefficient (Wildman–Crippen LogP) is 4.52. The smallest absolute Gasteiger partial charge is 0.387 e. The highest BCUT2D eigenvalue weighted by molar-refractivity contribution is 5.96. The van der Waals surface area contributed by atoms with Crippen LogP contribution in [-0.4, -0.2) is 35.2 Å². The molecule has 1 aromatic heterocycles. The fourth-order valence-electron chi connectivity index (χ4n) is 3.50. The van der Waals surface area contributed by atoms with Crippen LogP contribution < -0.4 is 20.5 Å². The van der Waals surface area contributed by atoms with E-state index in [-0.39, 0.29) is 46.5 Å². The number of hydrogen-bond acceptors (Lipinski definition) is 7. The molecule has 0 radical (unpaired) electrons. The van der Waals surface area contributed by atoms with Crippen LogP contribution in [0.2, 0.25) is 0 Å². The van der Waals surface area contributed by atoms with Gasteiger partial charge >= 0.3 is 12.6 Å². The van der Waals surface area contributed by atoms with E-state index in [2.05, 4.69) is 15.0 Å².